The van der Waals surface area contributed by atoms with Crippen molar-refractivity contribution >= 4 is 6.29 Å². The highest BCUT2D eigenvalue weighted by Gasteiger charge is 2.15. The Hall–Kier alpha value is -2.04. The molecule has 0 spiro atoms. The van der Waals surface area contributed by atoms with Gasteiger partial charge in [0.1, 0.15) is 11.6 Å². The summed E-state index contributed by atoms with van der Waals surface area (Å²) in [6.45, 7) is 0. The number of carbonyl (C=O) groups is 1. The van der Waals surface area contributed by atoms with Gasteiger partial charge in [0, 0.05) is 12.6 Å². The molecule has 0 amide bonds. The Labute approximate surface area is 90.3 Å². The first-order chi connectivity index (χ1) is 7.63. The summed E-state index contributed by atoms with van der Waals surface area (Å²) in [7, 11) is 1.56. The second kappa shape index (κ2) is 3.84. The van der Waals surface area contributed by atoms with Crippen LogP contribution in [0.3, 0.4) is 0 Å². The molecule has 16 heavy (non-hydrogen) atoms. The predicted molar refractivity (Wildman–Crippen MR) is 53.9 cm³/mol. The summed E-state index contributed by atoms with van der Waals surface area (Å²) in [5, 5.41) is 3.83. The topological polar surface area (TPSA) is 34.9 Å². The zero-order chi connectivity index (χ0) is 11.7. The van der Waals surface area contributed by atoms with E-state index < -0.39 is 11.6 Å². The molecule has 0 N–H and O–H groups in total. The van der Waals surface area contributed by atoms with Crippen LogP contribution in [0.5, 0.6) is 0 Å². The Balaban J connectivity index is 2.70. The Morgan fingerprint density at radius 3 is 2.81 bits per heavy atom. The van der Waals surface area contributed by atoms with Crippen LogP contribution in [-0.4, -0.2) is 16.1 Å². The number of aryl methyl sites for hydroxylation is 1. The van der Waals surface area contributed by atoms with Crippen molar-refractivity contribution in [2.75, 3.05) is 0 Å². The van der Waals surface area contributed by atoms with E-state index in [9.17, 15) is 13.6 Å². The first-order valence-electron chi connectivity index (χ1n) is 4.56. The lowest BCUT2D eigenvalue weighted by molar-refractivity contribution is 0.112. The molecule has 1 aromatic carbocycles. The molecule has 0 saturated carbocycles. The monoisotopic (exact) mass is 222 g/mol. The van der Waals surface area contributed by atoms with Crippen molar-refractivity contribution in [1.29, 1.82) is 0 Å². The van der Waals surface area contributed by atoms with Gasteiger partial charge < -0.3 is 0 Å². The molecule has 82 valence electrons. The number of nitrogens with zero attached hydrogens (tertiary/aromatic N) is 2. The van der Waals surface area contributed by atoms with Gasteiger partial charge in [-0.05, 0) is 18.2 Å². The summed E-state index contributed by atoms with van der Waals surface area (Å²) >= 11 is 0. The van der Waals surface area contributed by atoms with Crippen LogP contribution in [0.2, 0.25) is 0 Å². The van der Waals surface area contributed by atoms with Gasteiger partial charge in [0.2, 0.25) is 0 Å². The predicted octanol–water partition coefficient (Wildman–Crippen LogP) is 2.18. The van der Waals surface area contributed by atoms with E-state index in [0.29, 0.717) is 6.29 Å². The second-order valence-electron chi connectivity index (χ2n) is 3.31. The van der Waals surface area contributed by atoms with Crippen LogP contribution >= 0.6 is 0 Å². The number of benzene rings is 1. The minimum absolute atomic E-state index is 0.0297. The minimum Gasteiger partial charge on any atom is -0.298 e. The molecular formula is C11H8F2N2O. The van der Waals surface area contributed by atoms with Gasteiger partial charge in [-0.2, -0.15) is 5.10 Å². The molecular weight excluding hydrogens is 214 g/mol. The van der Waals surface area contributed by atoms with Gasteiger partial charge in [-0.3, -0.25) is 9.48 Å². The fourth-order valence-corrected chi connectivity index (χ4v) is 1.55. The van der Waals surface area contributed by atoms with E-state index in [2.05, 4.69) is 5.10 Å². The molecule has 0 aliphatic rings. The number of aromatic nitrogens is 2. The lowest BCUT2D eigenvalue weighted by Crippen LogP contribution is -1.98. The van der Waals surface area contributed by atoms with Crippen LogP contribution < -0.4 is 0 Å². The summed E-state index contributed by atoms with van der Waals surface area (Å²) in [5.41, 5.74) is 0.529. The molecule has 2 aromatic rings. The summed E-state index contributed by atoms with van der Waals surface area (Å²) in [6.07, 6.45) is 1.87. The van der Waals surface area contributed by atoms with E-state index in [-0.39, 0.29) is 16.8 Å². The zero-order valence-corrected chi connectivity index (χ0v) is 8.45. The number of halogens is 2. The van der Waals surface area contributed by atoms with E-state index in [1.54, 1.807) is 7.05 Å². The Kier molecular flexibility index (Phi) is 2.52. The van der Waals surface area contributed by atoms with E-state index in [1.165, 1.54) is 10.9 Å². The quantitative estimate of drug-likeness (QED) is 0.730. The lowest BCUT2D eigenvalue weighted by Gasteiger charge is -2.05. The van der Waals surface area contributed by atoms with E-state index >= 15 is 0 Å². The number of hydrogen-bond acceptors (Lipinski definition) is 2. The smallest absolute Gasteiger partial charge is 0.153 e. The first kappa shape index (κ1) is 10.5. The molecule has 1 heterocycles. The number of carbonyl (C=O) groups excluding carboxylic acids is 1. The Morgan fingerprint density at radius 2 is 2.12 bits per heavy atom. The van der Waals surface area contributed by atoms with Gasteiger partial charge in [-0.25, -0.2) is 8.78 Å². The molecule has 0 atom stereocenters. The van der Waals surface area contributed by atoms with Crippen LogP contribution in [0.4, 0.5) is 8.78 Å². The summed E-state index contributed by atoms with van der Waals surface area (Å²) < 4.78 is 27.9. The summed E-state index contributed by atoms with van der Waals surface area (Å²) in [5.74, 6) is -1.15. The van der Waals surface area contributed by atoms with Crippen molar-refractivity contribution in [1.82, 2.24) is 9.78 Å². The molecule has 1 aromatic heterocycles. The van der Waals surface area contributed by atoms with Crippen molar-refractivity contribution in [2.24, 2.45) is 7.05 Å². The van der Waals surface area contributed by atoms with E-state index in [0.717, 1.165) is 18.2 Å². The Bertz CT molecular complexity index is 549. The van der Waals surface area contributed by atoms with E-state index in [4.69, 9.17) is 0 Å². The molecule has 0 aliphatic carbocycles. The van der Waals surface area contributed by atoms with Crippen molar-refractivity contribution in [3.63, 3.8) is 0 Å². The van der Waals surface area contributed by atoms with Gasteiger partial charge in [0.05, 0.1) is 17.5 Å². The average molecular weight is 222 g/mol. The fraction of sp³-hybridized carbons (Fsp3) is 0.0909. The van der Waals surface area contributed by atoms with Crippen molar-refractivity contribution in [3.05, 3.63) is 41.6 Å². The first-order valence-corrected chi connectivity index (χ1v) is 4.56. The maximum absolute atomic E-state index is 13.5. The highest BCUT2D eigenvalue weighted by Crippen LogP contribution is 2.25. The standard InChI is InChI=1S/C11H8F2N2O/c1-15-11(7(6-16)5-14-15)9-4-8(12)2-3-10(9)13/h2-6H,1H3. The molecule has 2 rings (SSSR count). The third-order valence-corrected chi connectivity index (χ3v) is 2.28. The largest absolute Gasteiger partial charge is 0.298 e. The molecule has 5 heteroatoms. The average Bonchev–Trinajstić information content (AvgIpc) is 2.63. The highest BCUT2D eigenvalue weighted by molar-refractivity contribution is 5.85. The molecule has 0 saturated heterocycles. The van der Waals surface area contributed by atoms with Crippen LogP contribution in [0, 0.1) is 11.6 Å². The van der Waals surface area contributed by atoms with Crippen molar-refractivity contribution in [2.45, 2.75) is 0 Å². The van der Waals surface area contributed by atoms with Crippen LogP contribution in [0.15, 0.2) is 24.4 Å². The highest BCUT2D eigenvalue weighted by atomic mass is 19.1. The maximum atomic E-state index is 13.5. The Morgan fingerprint density at radius 1 is 1.38 bits per heavy atom. The zero-order valence-electron chi connectivity index (χ0n) is 8.45. The maximum Gasteiger partial charge on any atom is 0.153 e. The molecule has 0 unspecified atom stereocenters. The van der Waals surface area contributed by atoms with Crippen molar-refractivity contribution in [3.8, 4) is 11.3 Å². The lowest BCUT2D eigenvalue weighted by atomic mass is 10.1. The fourth-order valence-electron chi connectivity index (χ4n) is 1.55. The molecule has 0 fully saturated rings. The van der Waals surface area contributed by atoms with Gasteiger partial charge >= 0.3 is 0 Å². The second-order valence-corrected chi connectivity index (χ2v) is 3.31. The van der Waals surface area contributed by atoms with Gasteiger partial charge in [0.15, 0.2) is 6.29 Å². The molecule has 0 bridgehead atoms. The number of aldehydes is 1. The summed E-state index contributed by atoms with van der Waals surface area (Å²) in [6, 6.07) is 3.08. The third kappa shape index (κ3) is 1.60. The van der Waals surface area contributed by atoms with Crippen LogP contribution in [0.25, 0.3) is 11.3 Å². The number of hydrogen-bond donors (Lipinski definition) is 0. The normalized spacial score (nSPS) is 10.4. The van der Waals surface area contributed by atoms with Gasteiger partial charge in [-0.1, -0.05) is 0 Å². The third-order valence-electron chi connectivity index (χ3n) is 2.28. The van der Waals surface area contributed by atoms with Crippen LogP contribution in [0.1, 0.15) is 10.4 Å². The summed E-state index contributed by atoms with van der Waals surface area (Å²) in [4.78, 5) is 10.7. The molecule has 0 aliphatic heterocycles. The number of rotatable bonds is 2. The van der Waals surface area contributed by atoms with Crippen LogP contribution in [-0.2, 0) is 7.05 Å². The molecule has 0 radical (unpaired) electrons. The van der Waals surface area contributed by atoms with Crippen molar-refractivity contribution < 1.29 is 13.6 Å². The SMILES string of the molecule is Cn1ncc(C=O)c1-c1cc(F)ccc1F. The van der Waals surface area contributed by atoms with E-state index in [1.807, 2.05) is 0 Å². The van der Waals surface area contributed by atoms with Gasteiger partial charge in [0.25, 0.3) is 0 Å². The van der Waals surface area contributed by atoms with Gasteiger partial charge in [-0.15, -0.1) is 0 Å². The molecule has 3 nitrogen and oxygen atoms in total. The minimum atomic E-state index is -0.590.